The number of para-hydroxylation sites is 1. The van der Waals surface area contributed by atoms with Crippen molar-refractivity contribution in [2.75, 3.05) is 13.1 Å². The number of hydrogen-bond donors (Lipinski definition) is 0. The Bertz CT molecular complexity index is 836. The number of piperidine rings is 1. The standard InChI is InChI=1S/C19H19N3/c20-9-7-13-12-22-17-6-2-1-4-15(17)16-8-11-21-10-3-5-14(13)18(21)19(16)22/h1-2,4,6,12,14,18H,3,5,7-8,10-11H2/t14-,18-/m1/s1. The van der Waals surface area contributed by atoms with Crippen LogP contribution in [0.1, 0.15) is 36.6 Å². The summed E-state index contributed by atoms with van der Waals surface area (Å²) in [7, 11) is 0. The van der Waals surface area contributed by atoms with Crippen LogP contribution in [-0.2, 0) is 6.42 Å². The van der Waals surface area contributed by atoms with E-state index in [1.807, 2.05) is 0 Å². The van der Waals surface area contributed by atoms with Gasteiger partial charge in [0.25, 0.3) is 0 Å². The van der Waals surface area contributed by atoms with Crippen molar-refractivity contribution < 1.29 is 0 Å². The van der Waals surface area contributed by atoms with Gasteiger partial charge in [0.2, 0.25) is 0 Å². The number of nitriles is 1. The summed E-state index contributed by atoms with van der Waals surface area (Å²) in [5.41, 5.74) is 5.71. The van der Waals surface area contributed by atoms with Crippen LogP contribution < -0.4 is 0 Å². The van der Waals surface area contributed by atoms with Gasteiger partial charge in [0, 0.05) is 29.7 Å². The van der Waals surface area contributed by atoms with E-state index in [2.05, 4.69) is 46.0 Å². The predicted molar refractivity (Wildman–Crippen MR) is 87.2 cm³/mol. The fourth-order valence-corrected chi connectivity index (χ4v) is 4.93. The van der Waals surface area contributed by atoms with Gasteiger partial charge in [-0.05, 0) is 43.0 Å². The molecular weight excluding hydrogens is 270 g/mol. The molecule has 110 valence electrons. The van der Waals surface area contributed by atoms with Crippen molar-refractivity contribution >= 4 is 17.1 Å². The molecular formula is C19H19N3. The van der Waals surface area contributed by atoms with E-state index in [-0.39, 0.29) is 0 Å². The lowest BCUT2D eigenvalue weighted by molar-refractivity contribution is 0.0921. The summed E-state index contributed by atoms with van der Waals surface area (Å²) >= 11 is 0. The molecule has 1 aromatic carbocycles. The lowest BCUT2D eigenvalue weighted by Gasteiger charge is -2.47. The lowest BCUT2D eigenvalue weighted by atomic mass is 9.76. The highest BCUT2D eigenvalue weighted by molar-refractivity contribution is 5.88. The van der Waals surface area contributed by atoms with Gasteiger partial charge in [-0.3, -0.25) is 4.90 Å². The van der Waals surface area contributed by atoms with Crippen molar-refractivity contribution in [2.24, 2.45) is 5.92 Å². The van der Waals surface area contributed by atoms with Gasteiger partial charge in [0.15, 0.2) is 0 Å². The number of aromatic nitrogens is 1. The summed E-state index contributed by atoms with van der Waals surface area (Å²) in [5.74, 6) is 0.546. The Kier molecular flexibility index (Phi) is 2.54. The van der Waals surface area contributed by atoms with E-state index in [1.54, 1.807) is 5.56 Å². The number of hydrogen-bond acceptors (Lipinski definition) is 2. The average molecular weight is 289 g/mol. The molecule has 2 aromatic rings. The van der Waals surface area contributed by atoms with Gasteiger partial charge in [-0.2, -0.15) is 5.26 Å². The third-order valence-corrected chi connectivity index (χ3v) is 5.78. The summed E-state index contributed by atoms with van der Waals surface area (Å²) in [5, 5.41) is 10.7. The van der Waals surface area contributed by atoms with Crippen molar-refractivity contribution in [2.45, 2.75) is 31.7 Å². The molecule has 1 fully saturated rings. The molecule has 3 heteroatoms. The topological polar surface area (TPSA) is 32.0 Å². The minimum Gasteiger partial charge on any atom is -0.318 e. The first kappa shape index (κ1) is 12.5. The average Bonchev–Trinajstić information content (AvgIpc) is 2.89. The zero-order valence-corrected chi connectivity index (χ0v) is 12.6. The maximum Gasteiger partial charge on any atom is 0.0666 e. The van der Waals surface area contributed by atoms with E-state index in [0.29, 0.717) is 18.4 Å². The van der Waals surface area contributed by atoms with Crippen LogP contribution in [-0.4, -0.2) is 22.6 Å². The van der Waals surface area contributed by atoms with E-state index in [4.69, 9.17) is 0 Å². The van der Waals surface area contributed by atoms with Gasteiger partial charge < -0.3 is 4.57 Å². The SMILES string of the molecule is N#CCC1=Cn2c3c(c4ccccc42)CCN2CCC[C@H]1[C@H]32. The molecule has 0 bridgehead atoms. The first-order chi connectivity index (χ1) is 10.9. The molecule has 2 atom stereocenters. The predicted octanol–water partition coefficient (Wildman–Crippen LogP) is 3.72. The quantitative estimate of drug-likeness (QED) is 0.801. The first-order valence-corrected chi connectivity index (χ1v) is 8.32. The summed E-state index contributed by atoms with van der Waals surface area (Å²) in [6.45, 7) is 2.38. The molecule has 0 aliphatic carbocycles. The van der Waals surface area contributed by atoms with Gasteiger partial charge in [-0.1, -0.05) is 18.2 Å². The fourth-order valence-electron chi connectivity index (χ4n) is 4.93. The van der Waals surface area contributed by atoms with E-state index < -0.39 is 0 Å². The monoisotopic (exact) mass is 289 g/mol. The molecule has 0 saturated carbocycles. The van der Waals surface area contributed by atoms with Crippen LogP contribution in [0.3, 0.4) is 0 Å². The first-order valence-electron chi connectivity index (χ1n) is 8.32. The fraction of sp³-hybridized carbons (Fsp3) is 0.421. The Labute approximate surface area is 130 Å². The van der Waals surface area contributed by atoms with Gasteiger partial charge in [0.1, 0.15) is 0 Å². The molecule has 3 aliphatic rings. The molecule has 3 nitrogen and oxygen atoms in total. The van der Waals surface area contributed by atoms with Crippen LogP contribution in [0, 0.1) is 17.2 Å². The number of fused-ring (bicyclic) bond motifs is 3. The van der Waals surface area contributed by atoms with Gasteiger partial charge >= 0.3 is 0 Å². The molecule has 0 radical (unpaired) electrons. The minimum atomic E-state index is 0.498. The normalized spacial score (nSPS) is 26.4. The molecule has 1 aromatic heterocycles. The van der Waals surface area contributed by atoms with Gasteiger partial charge in [-0.25, -0.2) is 0 Å². The molecule has 0 unspecified atom stereocenters. The Morgan fingerprint density at radius 2 is 2.14 bits per heavy atom. The van der Waals surface area contributed by atoms with Gasteiger partial charge in [-0.15, -0.1) is 0 Å². The van der Waals surface area contributed by atoms with E-state index >= 15 is 0 Å². The van der Waals surface area contributed by atoms with Crippen molar-refractivity contribution in [1.82, 2.24) is 9.47 Å². The largest absolute Gasteiger partial charge is 0.318 e. The minimum absolute atomic E-state index is 0.498. The molecule has 0 amide bonds. The Morgan fingerprint density at radius 1 is 1.23 bits per heavy atom. The van der Waals surface area contributed by atoms with Crippen LogP contribution in [0.5, 0.6) is 0 Å². The van der Waals surface area contributed by atoms with Crippen molar-refractivity contribution in [3.05, 3.63) is 41.1 Å². The summed E-state index contributed by atoms with van der Waals surface area (Å²) < 4.78 is 2.40. The van der Waals surface area contributed by atoms with Crippen LogP contribution >= 0.6 is 0 Å². The third-order valence-electron chi connectivity index (χ3n) is 5.78. The van der Waals surface area contributed by atoms with Crippen molar-refractivity contribution in [1.29, 1.82) is 5.26 Å². The maximum atomic E-state index is 9.24. The molecule has 0 spiro atoms. The Balaban J connectivity index is 1.84. The van der Waals surface area contributed by atoms with Crippen molar-refractivity contribution in [3.63, 3.8) is 0 Å². The molecule has 0 N–H and O–H groups in total. The summed E-state index contributed by atoms with van der Waals surface area (Å²) in [6, 6.07) is 11.6. The smallest absolute Gasteiger partial charge is 0.0666 e. The maximum absolute atomic E-state index is 9.24. The van der Waals surface area contributed by atoms with Crippen molar-refractivity contribution in [3.8, 4) is 6.07 Å². The number of benzene rings is 1. The molecule has 1 saturated heterocycles. The van der Waals surface area contributed by atoms with E-state index in [9.17, 15) is 5.26 Å². The Morgan fingerprint density at radius 3 is 3.05 bits per heavy atom. The summed E-state index contributed by atoms with van der Waals surface area (Å²) in [4.78, 5) is 2.66. The molecule has 5 rings (SSSR count). The second-order valence-electron chi connectivity index (χ2n) is 6.77. The highest BCUT2D eigenvalue weighted by Gasteiger charge is 2.43. The van der Waals surface area contributed by atoms with Crippen LogP contribution in [0.15, 0.2) is 29.8 Å². The number of nitrogens with zero attached hydrogens (tertiary/aromatic N) is 3. The van der Waals surface area contributed by atoms with Crippen LogP contribution in [0.2, 0.25) is 0 Å². The second kappa shape index (κ2) is 4.47. The highest BCUT2D eigenvalue weighted by atomic mass is 15.2. The lowest BCUT2D eigenvalue weighted by Crippen LogP contribution is -2.45. The summed E-state index contributed by atoms with van der Waals surface area (Å²) in [6.07, 6.45) is 6.50. The second-order valence-corrected chi connectivity index (χ2v) is 6.77. The zero-order valence-electron chi connectivity index (χ0n) is 12.6. The van der Waals surface area contributed by atoms with Gasteiger partial charge in [0.05, 0.1) is 24.0 Å². The van der Waals surface area contributed by atoms with E-state index in [0.717, 1.165) is 6.42 Å². The van der Waals surface area contributed by atoms with E-state index in [1.165, 1.54) is 48.1 Å². The van der Waals surface area contributed by atoms with Crippen LogP contribution in [0.4, 0.5) is 0 Å². The molecule has 3 aliphatic heterocycles. The molecule has 4 heterocycles. The Hall–Kier alpha value is -2.05. The third kappa shape index (κ3) is 1.48. The molecule has 22 heavy (non-hydrogen) atoms. The van der Waals surface area contributed by atoms with Crippen LogP contribution in [0.25, 0.3) is 17.1 Å². The zero-order chi connectivity index (χ0) is 14.7. The highest BCUT2D eigenvalue weighted by Crippen LogP contribution is 2.50. The number of rotatable bonds is 1.